The molecule has 2 heterocycles. The van der Waals surface area contributed by atoms with Gasteiger partial charge in [-0.25, -0.2) is 4.98 Å². The smallest absolute Gasteiger partial charge is 0.226 e. The maximum atomic E-state index is 5.62. The molecule has 31 heavy (non-hydrogen) atoms. The fourth-order valence-electron chi connectivity index (χ4n) is 3.44. The molecule has 1 fully saturated rings. The van der Waals surface area contributed by atoms with Gasteiger partial charge in [0.25, 0.3) is 0 Å². The Kier molecular flexibility index (Phi) is 6.84. The Morgan fingerprint density at radius 2 is 1.71 bits per heavy atom. The number of aromatic nitrogens is 1. The number of hydrogen-bond acceptors (Lipinski definition) is 5. The number of guanidine groups is 1. The highest BCUT2D eigenvalue weighted by molar-refractivity contribution is 5.79. The second-order valence-corrected chi connectivity index (χ2v) is 7.56. The normalized spacial score (nSPS) is 14.5. The number of aryl methyl sites for hydroxylation is 1. The minimum atomic E-state index is 0.533. The number of aliphatic imine (C=N–C) groups is 1. The van der Waals surface area contributed by atoms with Gasteiger partial charge in [0, 0.05) is 37.9 Å². The third kappa shape index (κ3) is 5.64. The summed E-state index contributed by atoms with van der Waals surface area (Å²) in [7, 11) is 1.76. The Bertz CT molecular complexity index is 990. The van der Waals surface area contributed by atoms with E-state index >= 15 is 0 Å². The lowest BCUT2D eigenvalue weighted by atomic mass is 10.1. The van der Waals surface area contributed by atoms with Gasteiger partial charge in [-0.05, 0) is 36.8 Å². The van der Waals surface area contributed by atoms with E-state index in [-0.39, 0.29) is 0 Å². The molecule has 0 aliphatic carbocycles. The van der Waals surface area contributed by atoms with E-state index in [2.05, 4.69) is 68.8 Å². The lowest BCUT2D eigenvalue weighted by Crippen LogP contribution is -2.36. The third-order valence-corrected chi connectivity index (χ3v) is 5.28. The predicted molar refractivity (Wildman–Crippen MR) is 123 cm³/mol. The van der Waals surface area contributed by atoms with Gasteiger partial charge in [-0.15, -0.1) is 0 Å². The molecular weight excluding hydrogens is 390 g/mol. The van der Waals surface area contributed by atoms with E-state index in [1.807, 2.05) is 12.1 Å². The molecule has 7 nitrogen and oxygen atoms in total. The van der Waals surface area contributed by atoms with Gasteiger partial charge in [-0.3, -0.25) is 4.99 Å². The molecule has 0 saturated carbocycles. The summed E-state index contributed by atoms with van der Waals surface area (Å²) in [4.78, 5) is 11.2. The zero-order chi connectivity index (χ0) is 21.5. The number of benzene rings is 2. The number of ether oxygens (including phenoxy) is 1. The highest BCUT2D eigenvalue weighted by Crippen LogP contribution is 2.19. The SMILES string of the molecule is CN=C(NCc1ccc(N2CCOCC2)cc1)NCc1coc(-c2ccc(C)cc2)n1. The van der Waals surface area contributed by atoms with Crippen molar-refractivity contribution in [1.29, 1.82) is 0 Å². The topological polar surface area (TPSA) is 74.9 Å². The van der Waals surface area contributed by atoms with Crippen LogP contribution in [0.15, 0.2) is 64.2 Å². The molecule has 0 amide bonds. The minimum Gasteiger partial charge on any atom is -0.444 e. The van der Waals surface area contributed by atoms with Crippen molar-refractivity contribution in [3.05, 3.63) is 71.6 Å². The zero-order valence-electron chi connectivity index (χ0n) is 18.1. The van der Waals surface area contributed by atoms with Crippen molar-refractivity contribution in [3.63, 3.8) is 0 Å². The summed E-state index contributed by atoms with van der Waals surface area (Å²) < 4.78 is 11.0. The maximum Gasteiger partial charge on any atom is 0.226 e. The molecule has 3 aromatic rings. The first-order valence-electron chi connectivity index (χ1n) is 10.6. The Balaban J connectivity index is 1.27. The predicted octanol–water partition coefficient (Wildman–Crippen LogP) is 3.35. The van der Waals surface area contributed by atoms with Crippen LogP contribution in [0, 0.1) is 6.92 Å². The molecule has 0 atom stereocenters. The summed E-state index contributed by atoms with van der Waals surface area (Å²) in [5.74, 6) is 1.34. The number of hydrogen-bond donors (Lipinski definition) is 2. The zero-order valence-corrected chi connectivity index (χ0v) is 18.1. The molecule has 162 valence electrons. The highest BCUT2D eigenvalue weighted by atomic mass is 16.5. The molecule has 1 aromatic heterocycles. The van der Waals surface area contributed by atoms with E-state index in [9.17, 15) is 0 Å². The quantitative estimate of drug-likeness (QED) is 0.471. The van der Waals surface area contributed by atoms with Crippen LogP contribution in [0.2, 0.25) is 0 Å². The van der Waals surface area contributed by atoms with Crippen molar-refractivity contribution in [2.24, 2.45) is 4.99 Å². The van der Waals surface area contributed by atoms with E-state index in [1.54, 1.807) is 13.3 Å². The minimum absolute atomic E-state index is 0.533. The van der Waals surface area contributed by atoms with Crippen LogP contribution in [-0.4, -0.2) is 44.3 Å². The molecule has 4 rings (SSSR count). The van der Waals surface area contributed by atoms with Crippen LogP contribution < -0.4 is 15.5 Å². The summed E-state index contributed by atoms with van der Waals surface area (Å²) >= 11 is 0. The average molecular weight is 420 g/mol. The van der Waals surface area contributed by atoms with E-state index < -0.39 is 0 Å². The molecule has 0 spiro atoms. The van der Waals surface area contributed by atoms with Crippen molar-refractivity contribution < 1.29 is 9.15 Å². The van der Waals surface area contributed by atoms with Gasteiger partial charge in [0.05, 0.1) is 25.5 Å². The number of anilines is 1. The lowest BCUT2D eigenvalue weighted by molar-refractivity contribution is 0.122. The van der Waals surface area contributed by atoms with Crippen molar-refractivity contribution in [2.45, 2.75) is 20.0 Å². The Hall–Kier alpha value is -3.32. The van der Waals surface area contributed by atoms with Crippen LogP contribution >= 0.6 is 0 Å². The summed E-state index contributed by atoms with van der Waals surface area (Å²) in [6.07, 6.45) is 1.68. The molecule has 1 saturated heterocycles. The second kappa shape index (κ2) is 10.1. The first-order valence-corrected chi connectivity index (χ1v) is 10.6. The van der Waals surface area contributed by atoms with E-state index in [0.717, 1.165) is 43.5 Å². The molecule has 1 aliphatic rings. The molecule has 2 aromatic carbocycles. The van der Waals surface area contributed by atoms with Crippen LogP contribution in [0.5, 0.6) is 0 Å². The van der Waals surface area contributed by atoms with Crippen LogP contribution in [0.25, 0.3) is 11.5 Å². The van der Waals surface area contributed by atoms with Crippen LogP contribution in [0.3, 0.4) is 0 Å². The number of nitrogens with zero attached hydrogens (tertiary/aromatic N) is 3. The number of nitrogens with one attached hydrogen (secondary N) is 2. The van der Waals surface area contributed by atoms with E-state index in [4.69, 9.17) is 9.15 Å². The van der Waals surface area contributed by atoms with Gasteiger partial charge < -0.3 is 24.7 Å². The van der Waals surface area contributed by atoms with Gasteiger partial charge in [-0.2, -0.15) is 0 Å². The first-order chi connectivity index (χ1) is 15.2. The van der Waals surface area contributed by atoms with Crippen LogP contribution in [-0.2, 0) is 17.8 Å². The maximum absolute atomic E-state index is 5.62. The summed E-state index contributed by atoms with van der Waals surface area (Å²) in [5, 5.41) is 6.63. The van der Waals surface area contributed by atoms with Gasteiger partial charge in [-0.1, -0.05) is 29.8 Å². The van der Waals surface area contributed by atoms with Crippen LogP contribution in [0.1, 0.15) is 16.8 Å². The van der Waals surface area contributed by atoms with E-state index in [1.165, 1.54) is 16.8 Å². The summed E-state index contributed by atoms with van der Waals surface area (Å²) in [6, 6.07) is 16.8. The number of oxazole rings is 1. The molecule has 0 bridgehead atoms. The standard InChI is InChI=1S/C24H29N5O2/c1-18-3-7-20(8-4-18)23-28-21(17-31-23)16-27-24(25-2)26-15-19-5-9-22(10-6-19)29-11-13-30-14-12-29/h3-10,17H,11-16H2,1-2H3,(H2,25,26,27). The van der Waals surface area contributed by atoms with Gasteiger partial charge in [0.2, 0.25) is 5.89 Å². The molecule has 0 radical (unpaired) electrons. The molecule has 7 heteroatoms. The van der Waals surface area contributed by atoms with Crippen molar-refractivity contribution >= 4 is 11.6 Å². The Labute approximate surface area is 183 Å². The molecule has 2 N–H and O–H groups in total. The van der Waals surface area contributed by atoms with Gasteiger partial charge in [0.15, 0.2) is 5.96 Å². The lowest BCUT2D eigenvalue weighted by Gasteiger charge is -2.28. The van der Waals surface area contributed by atoms with Crippen molar-refractivity contribution in [1.82, 2.24) is 15.6 Å². The molecule has 1 aliphatic heterocycles. The van der Waals surface area contributed by atoms with Crippen LogP contribution in [0.4, 0.5) is 5.69 Å². The number of rotatable bonds is 6. The first kappa shape index (κ1) is 20.9. The van der Waals surface area contributed by atoms with Crippen molar-refractivity contribution in [3.8, 4) is 11.5 Å². The van der Waals surface area contributed by atoms with Gasteiger partial charge in [0.1, 0.15) is 6.26 Å². The fraction of sp³-hybridized carbons (Fsp3) is 0.333. The largest absolute Gasteiger partial charge is 0.444 e. The van der Waals surface area contributed by atoms with E-state index in [0.29, 0.717) is 19.0 Å². The Morgan fingerprint density at radius 1 is 1.00 bits per heavy atom. The average Bonchev–Trinajstić information content (AvgIpc) is 3.30. The van der Waals surface area contributed by atoms with Gasteiger partial charge >= 0.3 is 0 Å². The summed E-state index contributed by atoms with van der Waals surface area (Å²) in [5.41, 5.74) is 5.45. The highest BCUT2D eigenvalue weighted by Gasteiger charge is 2.11. The second-order valence-electron chi connectivity index (χ2n) is 7.56. The molecular formula is C24H29N5O2. The number of morpholine rings is 1. The Morgan fingerprint density at radius 3 is 2.42 bits per heavy atom. The fourth-order valence-corrected chi connectivity index (χ4v) is 3.44. The molecule has 0 unspecified atom stereocenters. The monoisotopic (exact) mass is 419 g/mol. The third-order valence-electron chi connectivity index (χ3n) is 5.28. The van der Waals surface area contributed by atoms with Crippen molar-refractivity contribution in [2.75, 3.05) is 38.3 Å². The summed E-state index contributed by atoms with van der Waals surface area (Å²) in [6.45, 7) is 6.77.